The van der Waals surface area contributed by atoms with Crippen LogP contribution in [0.1, 0.15) is 15.9 Å². The van der Waals surface area contributed by atoms with E-state index >= 15 is 0 Å². The van der Waals surface area contributed by atoms with Crippen molar-refractivity contribution in [2.75, 3.05) is 0 Å². The number of nitrogens with zero attached hydrogens (tertiary/aromatic N) is 2. The second-order valence-electron chi connectivity index (χ2n) is 5.80. The zero-order valence-electron chi connectivity index (χ0n) is 14.5. The van der Waals surface area contributed by atoms with E-state index in [0.717, 1.165) is 5.56 Å². The van der Waals surface area contributed by atoms with E-state index in [0.29, 0.717) is 5.69 Å². The van der Waals surface area contributed by atoms with Crippen molar-refractivity contribution in [1.82, 2.24) is 4.72 Å². The normalized spacial score (nSPS) is 11.4. The summed E-state index contributed by atoms with van der Waals surface area (Å²) in [6.45, 7) is 1.85. The Hall–Kier alpha value is -3.32. The van der Waals surface area contributed by atoms with Gasteiger partial charge in [0.25, 0.3) is 15.9 Å². The number of nitrogens with one attached hydrogen (secondary N) is 1. The highest BCUT2D eigenvalue weighted by Gasteiger charge is 2.20. The molecule has 27 heavy (non-hydrogen) atoms. The second-order valence-corrected chi connectivity index (χ2v) is 7.48. The Morgan fingerprint density at radius 3 is 2.15 bits per heavy atom. The molecular formula is C20H17N3O3S. The Morgan fingerprint density at radius 1 is 0.815 bits per heavy atom. The first-order valence-electron chi connectivity index (χ1n) is 8.15. The second kappa shape index (κ2) is 7.92. The number of hydrogen-bond acceptors (Lipinski definition) is 5. The molecule has 0 spiro atoms. The van der Waals surface area contributed by atoms with E-state index in [1.165, 1.54) is 18.2 Å². The van der Waals surface area contributed by atoms with Crippen molar-refractivity contribution < 1.29 is 13.2 Å². The van der Waals surface area contributed by atoms with Gasteiger partial charge < -0.3 is 0 Å². The summed E-state index contributed by atoms with van der Waals surface area (Å²) in [5.41, 5.74) is 1.94. The van der Waals surface area contributed by atoms with Gasteiger partial charge in [-0.2, -0.15) is 5.11 Å². The van der Waals surface area contributed by atoms with E-state index in [1.807, 2.05) is 25.1 Å². The summed E-state index contributed by atoms with van der Waals surface area (Å²) in [7, 11) is -3.98. The van der Waals surface area contributed by atoms with Crippen molar-refractivity contribution in [2.45, 2.75) is 11.8 Å². The summed E-state index contributed by atoms with van der Waals surface area (Å²) in [6.07, 6.45) is 0. The first-order valence-corrected chi connectivity index (χ1v) is 9.64. The quantitative estimate of drug-likeness (QED) is 0.661. The van der Waals surface area contributed by atoms with Gasteiger partial charge in [0.2, 0.25) is 0 Å². The van der Waals surface area contributed by atoms with E-state index in [9.17, 15) is 13.2 Å². The molecule has 0 aliphatic heterocycles. The zero-order chi connectivity index (χ0) is 19.3. The van der Waals surface area contributed by atoms with Crippen molar-refractivity contribution in [3.05, 3.63) is 90.0 Å². The lowest BCUT2D eigenvalue weighted by Gasteiger charge is -2.08. The minimum atomic E-state index is -3.98. The van der Waals surface area contributed by atoms with Gasteiger partial charge in [-0.3, -0.25) is 4.79 Å². The van der Waals surface area contributed by atoms with E-state index in [2.05, 4.69) is 15.0 Å². The molecule has 3 aromatic rings. The molecule has 0 saturated carbocycles. The average molecular weight is 379 g/mol. The van der Waals surface area contributed by atoms with Crippen molar-refractivity contribution in [3.63, 3.8) is 0 Å². The number of carbonyl (C=O) groups excluding carboxylic acids is 1. The number of hydrogen-bond donors (Lipinski definition) is 1. The maximum atomic E-state index is 12.5. The number of carbonyl (C=O) groups is 1. The Morgan fingerprint density at radius 2 is 1.44 bits per heavy atom. The highest BCUT2D eigenvalue weighted by atomic mass is 32.2. The largest absolute Gasteiger partial charge is 0.268 e. The zero-order valence-corrected chi connectivity index (χ0v) is 15.3. The van der Waals surface area contributed by atoms with Crippen LogP contribution in [0.25, 0.3) is 0 Å². The molecule has 0 aliphatic carbocycles. The van der Waals surface area contributed by atoms with Gasteiger partial charge in [0.15, 0.2) is 0 Å². The van der Waals surface area contributed by atoms with Gasteiger partial charge in [0, 0.05) is 0 Å². The lowest BCUT2D eigenvalue weighted by atomic mass is 10.2. The molecule has 0 heterocycles. The lowest BCUT2D eigenvalue weighted by molar-refractivity contribution is 0.0982. The monoisotopic (exact) mass is 379 g/mol. The number of benzene rings is 3. The van der Waals surface area contributed by atoms with Gasteiger partial charge in [-0.15, -0.1) is 5.11 Å². The molecular weight excluding hydrogens is 362 g/mol. The average Bonchev–Trinajstić information content (AvgIpc) is 2.67. The first kappa shape index (κ1) is 18.5. The van der Waals surface area contributed by atoms with Crippen LogP contribution in [0.15, 0.2) is 94.0 Å². The molecule has 0 atom stereocenters. The molecule has 0 fully saturated rings. The fourth-order valence-corrected chi connectivity index (χ4v) is 3.28. The lowest BCUT2D eigenvalue weighted by Crippen LogP contribution is -2.30. The topological polar surface area (TPSA) is 88.0 Å². The SMILES string of the molecule is Cc1ccc(S(=O)(=O)NC(=O)c2ccccc2N=Nc2ccccc2)cc1. The van der Waals surface area contributed by atoms with Crippen molar-refractivity contribution in [1.29, 1.82) is 0 Å². The van der Waals surface area contributed by atoms with Gasteiger partial charge in [-0.05, 0) is 43.3 Å². The highest BCUT2D eigenvalue weighted by Crippen LogP contribution is 2.22. The molecule has 1 N–H and O–H groups in total. The predicted octanol–water partition coefficient (Wildman–Crippen LogP) is 4.53. The molecule has 1 amide bonds. The van der Waals surface area contributed by atoms with E-state index in [1.54, 1.807) is 42.5 Å². The van der Waals surface area contributed by atoms with Crippen LogP contribution in [0.3, 0.4) is 0 Å². The number of azo groups is 1. The highest BCUT2D eigenvalue weighted by molar-refractivity contribution is 7.90. The third-order valence-corrected chi connectivity index (χ3v) is 5.08. The van der Waals surface area contributed by atoms with Crippen molar-refractivity contribution >= 4 is 27.3 Å². The smallest absolute Gasteiger partial charge is 0.267 e. The van der Waals surface area contributed by atoms with Crippen LogP contribution in [0.4, 0.5) is 11.4 Å². The van der Waals surface area contributed by atoms with Gasteiger partial charge in [-0.1, -0.05) is 48.0 Å². The van der Waals surface area contributed by atoms with E-state index in [-0.39, 0.29) is 16.1 Å². The Kier molecular flexibility index (Phi) is 5.42. The molecule has 7 heteroatoms. The fourth-order valence-electron chi connectivity index (χ4n) is 2.31. The van der Waals surface area contributed by atoms with Crippen LogP contribution in [0, 0.1) is 6.92 Å². The van der Waals surface area contributed by atoms with Crippen molar-refractivity contribution in [3.8, 4) is 0 Å². The van der Waals surface area contributed by atoms with Crippen LogP contribution in [-0.4, -0.2) is 14.3 Å². The summed E-state index contributed by atoms with van der Waals surface area (Å²) in [5, 5.41) is 8.16. The van der Waals surface area contributed by atoms with Crippen molar-refractivity contribution in [2.24, 2.45) is 10.2 Å². The standard InChI is InChI=1S/C20H17N3O3S/c1-15-11-13-17(14-12-15)27(25,26)23-20(24)18-9-5-6-10-19(18)22-21-16-7-3-2-4-8-16/h2-14H,1H3,(H,23,24). The number of amides is 1. The van der Waals surface area contributed by atoms with Gasteiger partial charge in [0.1, 0.15) is 0 Å². The third-order valence-electron chi connectivity index (χ3n) is 3.74. The molecule has 3 aromatic carbocycles. The molecule has 0 unspecified atom stereocenters. The molecule has 136 valence electrons. The Bertz CT molecular complexity index is 1080. The minimum Gasteiger partial charge on any atom is -0.268 e. The first-order chi connectivity index (χ1) is 13.0. The molecule has 0 aromatic heterocycles. The molecule has 0 saturated heterocycles. The van der Waals surface area contributed by atoms with Crippen LogP contribution < -0.4 is 4.72 Å². The summed E-state index contributed by atoms with van der Waals surface area (Å²) < 4.78 is 26.9. The summed E-state index contributed by atoms with van der Waals surface area (Å²) in [5.74, 6) is -0.766. The number of sulfonamides is 1. The van der Waals surface area contributed by atoms with Gasteiger partial charge >= 0.3 is 0 Å². The van der Waals surface area contributed by atoms with Crippen LogP contribution in [0.2, 0.25) is 0 Å². The number of aryl methyl sites for hydroxylation is 1. The molecule has 0 radical (unpaired) electrons. The summed E-state index contributed by atoms with van der Waals surface area (Å²) >= 11 is 0. The molecule has 0 bridgehead atoms. The molecule has 6 nitrogen and oxygen atoms in total. The Labute approximate surface area is 157 Å². The van der Waals surface area contributed by atoms with Gasteiger partial charge in [0.05, 0.1) is 21.8 Å². The van der Waals surface area contributed by atoms with Crippen LogP contribution in [0.5, 0.6) is 0 Å². The molecule has 0 aliphatic rings. The van der Waals surface area contributed by atoms with Gasteiger partial charge in [-0.25, -0.2) is 13.1 Å². The van der Waals surface area contributed by atoms with E-state index in [4.69, 9.17) is 0 Å². The van der Waals surface area contributed by atoms with E-state index < -0.39 is 15.9 Å². The summed E-state index contributed by atoms with van der Waals surface area (Å²) in [6, 6.07) is 21.7. The third kappa shape index (κ3) is 4.65. The Balaban J connectivity index is 1.85. The molecule has 3 rings (SSSR count). The maximum absolute atomic E-state index is 12.5. The minimum absolute atomic E-state index is 0.0184. The van der Waals surface area contributed by atoms with Crippen LogP contribution in [-0.2, 0) is 10.0 Å². The summed E-state index contributed by atoms with van der Waals surface area (Å²) in [4.78, 5) is 12.6. The number of rotatable bonds is 5. The predicted molar refractivity (Wildman–Crippen MR) is 103 cm³/mol. The maximum Gasteiger partial charge on any atom is 0.267 e. The van der Waals surface area contributed by atoms with Crippen LogP contribution >= 0.6 is 0 Å². The fraction of sp³-hybridized carbons (Fsp3) is 0.0500.